The molecule has 2 N–H and O–H groups in total. The number of β-amino-alcohol motifs (C(OH)–C–C–N with tert-alkyl or cyclic N) is 1. The van der Waals surface area contributed by atoms with Crippen LogP contribution in [0.5, 0.6) is 0 Å². The van der Waals surface area contributed by atoms with Gasteiger partial charge in [-0.25, -0.2) is 9.97 Å². The van der Waals surface area contributed by atoms with Crippen molar-refractivity contribution in [1.82, 2.24) is 15.3 Å². The zero-order valence-corrected chi connectivity index (χ0v) is 9.77. The topological polar surface area (TPSA) is 61.3 Å². The van der Waals surface area contributed by atoms with Gasteiger partial charge >= 0.3 is 0 Å². The number of nitrogens with zero attached hydrogens (tertiary/aromatic N) is 3. The Bertz CT molecular complexity index is 350. The van der Waals surface area contributed by atoms with Crippen molar-refractivity contribution < 1.29 is 5.11 Å². The molecule has 5 heteroatoms. The Morgan fingerprint density at radius 2 is 2.19 bits per heavy atom. The lowest BCUT2D eigenvalue weighted by molar-refractivity contribution is 0.0838. The van der Waals surface area contributed by atoms with E-state index in [0.29, 0.717) is 12.5 Å². The van der Waals surface area contributed by atoms with Crippen molar-refractivity contribution in [3.63, 3.8) is 0 Å². The molecule has 5 nitrogen and oxygen atoms in total. The molecule has 2 rings (SSSR count). The Hall–Kier alpha value is -1.20. The van der Waals surface area contributed by atoms with E-state index in [1.807, 2.05) is 31.3 Å². The second kappa shape index (κ2) is 4.35. The number of hydrogen-bond acceptors (Lipinski definition) is 5. The summed E-state index contributed by atoms with van der Waals surface area (Å²) in [7, 11) is 1.89. The minimum atomic E-state index is -0.604. The maximum Gasteiger partial charge on any atom is 0.225 e. The molecule has 1 aromatic heterocycles. The van der Waals surface area contributed by atoms with Crippen LogP contribution >= 0.6 is 0 Å². The zero-order valence-electron chi connectivity index (χ0n) is 9.77. The van der Waals surface area contributed by atoms with Crippen molar-refractivity contribution in [3.8, 4) is 0 Å². The van der Waals surface area contributed by atoms with Gasteiger partial charge in [0, 0.05) is 37.6 Å². The van der Waals surface area contributed by atoms with E-state index in [1.54, 1.807) is 0 Å². The molecule has 0 amide bonds. The molecule has 1 atom stereocenters. The number of nitrogens with one attached hydrogen (secondary N) is 1. The molecule has 16 heavy (non-hydrogen) atoms. The summed E-state index contributed by atoms with van der Waals surface area (Å²) in [5, 5.41) is 12.9. The lowest BCUT2D eigenvalue weighted by Crippen LogP contribution is -2.30. The number of aromatic nitrogens is 2. The van der Waals surface area contributed by atoms with Crippen molar-refractivity contribution in [2.24, 2.45) is 0 Å². The summed E-state index contributed by atoms with van der Waals surface area (Å²) in [6.07, 6.45) is 4.42. The third kappa shape index (κ3) is 2.48. The van der Waals surface area contributed by atoms with E-state index < -0.39 is 5.60 Å². The van der Waals surface area contributed by atoms with Crippen LogP contribution < -0.4 is 10.2 Å². The van der Waals surface area contributed by atoms with Crippen LogP contribution in [0.2, 0.25) is 0 Å². The fraction of sp³-hybridized carbons (Fsp3) is 0.636. The number of anilines is 1. The van der Waals surface area contributed by atoms with Crippen LogP contribution in [0.1, 0.15) is 18.9 Å². The summed E-state index contributed by atoms with van der Waals surface area (Å²) in [5.74, 6) is 0.706. The van der Waals surface area contributed by atoms with Gasteiger partial charge in [-0.05, 0) is 20.4 Å². The van der Waals surface area contributed by atoms with Crippen molar-refractivity contribution in [2.45, 2.75) is 25.5 Å². The number of hydrogen-bond donors (Lipinski definition) is 2. The van der Waals surface area contributed by atoms with E-state index in [-0.39, 0.29) is 0 Å². The highest BCUT2D eigenvalue weighted by Crippen LogP contribution is 2.23. The smallest absolute Gasteiger partial charge is 0.225 e. The molecule has 1 saturated heterocycles. The van der Waals surface area contributed by atoms with Crippen molar-refractivity contribution >= 4 is 5.95 Å². The van der Waals surface area contributed by atoms with Gasteiger partial charge in [-0.2, -0.15) is 0 Å². The van der Waals surface area contributed by atoms with E-state index >= 15 is 0 Å². The van der Waals surface area contributed by atoms with E-state index in [4.69, 9.17) is 0 Å². The maximum absolute atomic E-state index is 9.86. The summed E-state index contributed by atoms with van der Waals surface area (Å²) in [6, 6.07) is 0. The summed E-state index contributed by atoms with van der Waals surface area (Å²) >= 11 is 0. The fourth-order valence-corrected chi connectivity index (χ4v) is 1.92. The summed E-state index contributed by atoms with van der Waals surface area (Å²) in [5.41, 5.74) is 0.463. The summed E-state index contributed by atoms with van der Waals surface area (Å²) in [6.45, 7) is 4.05. The molecule has 1 fully saturated rings. The van der Waals surface area contributed by atoms with Crippen LogP contribution in [0.3, 0.4) is 0 Å². The number of rotatable bonds is 3. The summed E-state index contributed by atoms with van der Waals surface area (Å²) in [4.78, 5) is 10.6. The van der Waals surface area contributed by atoms with Crippen molar-refractivity contribution in [3.05, 3.63) is 18.0 Å². The van der Waals surface area contributed by atoms with Crippen LogP contribution in [-0.2, 0) is 6.54 Å². The Labute approximate surface area is 95.5 Å². The van der Waals surface area contributed by atoms with E-state index in [0.717, 1.165) is 25.1 Å². The molecule has 2 heterocycles. The first kappa shape index (κ1) is 11.3. The van der Waals surface area contributed by atoms with Gasteiger partial charge < -0.3 is 15.3 Å². The van der Waals surface area contributed by atoms with Gasteiger partial charge in [0.15, 0.2) is 0 Å². The molecular formula is C11H18N4O. The van der Waals surface area contributed by atoms with Gasteiger partial charge in [-0.1, -0.05) is 0 Å². The van der Waals surface area contributed by atoms with E-state index in [1.165, 1.54) is 0 Å². The molecular weight excluding hydrogens is 204 g/mol. The largest absolute Gasteiger partial charge is 0.388 e. The Morgan fingerprint density at radius 1 is 1.50 bits per heavy atom. The van der Waals surface area contributed by atoms with Crippen LogP contribution in [0.15, 0.2) is 12.4 Å². The van der Waals surface area contributed by atoms with Crippen LogP contribution in [0, 0.1) is 0 Å². The molecule has 0 aliphatic carbocycles. The van der Waals surface area contributed by atoms with Crippen molar-refractivity contribution in [2.75, 3.05) is 25.0 Å². The maximum atomic E-state index is 9.86. The first-order valence-corrected chi connectivity index (χ1v) is 5.53. The lowest BCUT2D eigenvalue weighted by Gasteiger charge is -2.18. The number of aliphatic hydroxyl groups is 1. The van der Waals surface area contributed by atoms with Gasteiger partial charge in [-0.3, -0.25) is 0 Å². The van der Waals surface area contributed by atoms with E-state index in [9.17, 15) is 5.11 Å². The molecule has 0 saturated carbocycles. The summed E-state index contributed by atoms with van der Waals surface area (Å²) < 4.78 is 0. The predicted molar refractivity (Wildman–Crippen MR) is 62.2 cm³/mol. The SMILES string of the molecule is CNCc1cnc(N2CCC(C)(O)C2)nc1. The highest BCUT2D eigenvalue weighted by Gasteiger charge is 2.32. The first-order valence-electron chi connectivity index (χ1n) is 5.53. The Morgan fingerprint density at radius 3 is 2.69 bits per heavy atom. The van der Waals surface area contributed by atoms with E-state index in [2.05, 4.69) is 15.3 Å². The molecule has 1 aromatic rings. The Balaban J connectivity index is 2.05. The molecule has 0 radical (unpaired) electrons. The normalized spacial score (nSPS) is 25.1. The first-order chi connectivity index (χ1) is 7.61. The van der Waals surface area contributed by atoms with Gasteiger partial charge in [0.25, 0.3) is 0 Å². The predicted octanol–water partition coefficient (Wildman–Crippen LogP) is 0.157. The zero-order chi connectivity index (χ0) is 11.6. The van der Waals surface area contributed by atoms with Gasteiger partial charge in [0.1, 0.15) is 0 Å². The Kier molecular flexibility index (Phi) is 3.07. The van der Waals surface area contributed by atoms with Crippen molar-refractivity contribution in [1.29, 1.82) is 0 Å². The highest BCUT2D eigenvalue weighted by atomic mass is 16.3. The van der Waals surface area contributed by atoms with Crippen LogP contribution in [0.25, 0.3) is 0 Å². The molecule has 1 aliphatic rings. The highest BCUT2D eigenvalue weighted by molar-refractivity contribution is 5.33. The average Bonchev–Trinajstić information content (AvgIpc) is 2.61. The molecule has 1 unspecified atom stereocenters. The lowest BCUT2D eigenvalue weighted by atomic mass is 10.1. The molecule has 0 spiro atoms. The van der Waals surface area contributed by atoms with Gasteiger partial charge in [0.05, 0.1) is 5.60 Å². The molecule has 0 aromatic carbocycles. The monoisotopic (exact) mass is 222 g/mol. The second-order valence-corrected chi connectivity index (χ2v) is 4.59. The molecule has 1 aliphatic heterocycles. The second-order valence-electron chi connectivity index (χ2n) is 4.59. The molecule has 0 bridgehead atoms. The third-order valence-corrected chi connectivity index (χ3v) is 2.81. The average molecular weight is 222 g/mol. The van der Waals surface area contributed by atoms with Crippen LogP contribution in [-0.4, -0.2) is 40.8 Å². The minimum Gasteiger partial charge on any atom is -0.388 e. The molecule has 88 valence electrons. The fourth-order valence-electron chi connectivity index (χ4n) is 1.92. The quantitative estimate of drug-likeness (QED) is 0.762. The minimum absolute atomic E-state index is 0.604. The van der Waals surface area contributed by atoms with Gasteiger partial charge in [-0.15, -0.1) is 0 Å². The van der Waals surface area contributed by atoms with Gasteiger partial charge in [0.2, 0.25) is 5.95 Å². The third-order valence-electron chi connectivity index (χ3n) is 2.81. The van der Waals surface area contributed by atoms with Crippen LogP contribution in [0.4, 0.5) is 5.95 Å². The standard InChI is InChI=1S/C11H18N4O/c1-11(16)3-4-15(8-11)10-13-6-9(5-12-2)7-14-10/h6-7,12,16H,3-5,8H2,1-2H3.